The molecule has 0 saturated carbocycles. The molecule has 3 rings (SSSR count). The highest BCUT2D eigenvalue weighted by Crippen LogP contribution is 2.22. The van der Waals surface area contributed by atoms with Gasteiger partial charge in [-0.05, 0) is 31.0 Å². The van der Waals surface area contributed by atoms with Gasteiger partial charge in [-0.25, -0.2) is 4.79 Å². The molecule has 1 aromatic rings. The smallest absolute Gasteiger partial charge is 0.328 e. The minimum absolute atomic E-state index is 0.181. The third kappa shape index (κ3) is 3.62. The molecule has 132 valence electrons. The molecule has 8 nitrogen and oxygen atoms in total. The van der Waals surface area contributed by atoms with Crippen molar-refractivity contribution in [3.05, 3.63) is 29.8 Å². The minimum atomic E-state index is -0.820. The Bertz CT molecular complexity index is 725. The molecule has 0 radical (unpaired) electrons. The summed E-state index contributed by atoms with van der Waals surface area (Å²) < 4.78 is 0. The molecule has 4 amide bonds. The molecule has 0 bridgehead atoms. The zero-order valence-corrected chi connectivity index (χ0v) is 13.6. The van der Waals surface area contributed by atoms with E-state index in [1.54, 1.807) is 29.2 Å². The van der Waals surface area contributed by atoms with Crippen LogP contribution >= 0.6 is 0 Å². The zero-order chi connectivity index (χ0) is 18.0. The van der Waals surface area contributed by atoms with Gasteiger partial charge in [0, 0.05) is 37.3 Å². The van der Waals surface area contributed by atoms with Gasteiger partial charge in [0.25, 0.3) is 5.91 Å². The maximum atomic E-state index is 12.7. The molecule has 2 heterocycles. The predicted octanol–water partition coefficient (Wildman–Crippen LogP) is 1.07. The summed E-state index contributed by atoms with van der Waals surface area (Å²) in [7, 11) is 0. The van der Waals surface area contributed by atoms with E-state index in [1.807, 2.05) is 0 Å². The number of rotatable bonds is 3. The topological polar surface area (TPSA) is 107 Å². The van der Waals surface area contributed by atoms with Crippen molar-refractivity contribution in [3.8, 4) is 0 Å². The van der Waals surface area contributed by atoms with E-state index in [1.165, 1.54) is 4.90 Å². The third-order valence-electron chi connectivity index (χ3n) is 4.59. The molecule has 2 N–H and O–H groups in total. The van der Waals surface area contributed by atoms with Crippen molar-refractivity contribution in [2.24, 2.45) is 5.92 Å². The minimum Gasteiger partial charge on any atom is -0.481 e. The molecule has 25 heavy (non-hydrogen) atoms. The summed E-state index contributed by atoms with van der Waals surface area (Å²) in [6.45, 7) is 1.07. The van der Waals surface area contributed by atoms with Gasteiger partial charge in [0.05, 0.1) is 5.92 Å². The van der Waals surface area contributed by atoms with Gasteiger partial charge >= 0.3 is 12.0 Å². The molecular weight excluding hydrogens is 326 g/mol. The number of nitrogens with zero attached hydrogens (tertiary/aromatic N) is 2. The number of carboxylic acid groups (broad SMARTS) is 1. The van der Waals surface area contributed by atoms with Crippen LogP contribution < -0.4 is 10.2 Å². The van der Waals surface area contributed by atoms with Crippen LogP contribution in [0.2, 0.25) is 0 Å². The Kier molecular flexibility index (Phi) is 4.69. The fourth-order valence-corrected chi connectivity index (χ4v) is 3.13. The van der Waals surface area contributed by atoms with Crippen molar-refractivity contribution in [1.29, 1.82) is 0 Å². The molecule has 0 aromatic heterocycles. The first kappa shape index (κ1) is 16.9. The number of likely N-dealkylation sites (tertiary alicyclic amines) is 1. The van der Waals surface area contributed by atoms with E-state index in [2.05, 4.69) is 5.32 Å². The van der Waals surface area contributed by atoms with Gasteiger partial charge < -0.3 is 10.0 Å². The van der Waals surface area contributed by atoms with Gasteiger partial charge in [-0.1, -0.05) is 6.07 Å². The van der Waals surface area contributed by atoms with Gasteiger partial charge in [-0.3, -0.25) is 24.6 Å². The summed E-state index contributed by atoms with van der Waals surface area (Å²) in [6, 6.07) is 6.20. The molecule has 0 spiro atoms. The normalized spacial score (nSPS) is 18.9. The van der Waals surface area contributed by atoms with E-state index >= 15 is 0 Å². The Hall–Kier alpha value is -2.90. The monoisotopic (exact) mass is 345 g/mol. The highest BCUT2D eigenvalue weighted by molar-refractivity contribution is 6.06. The molecule has 2 fully saturated rings. The fourth-order valence-electron chi connectivity index (χ4n) is 3.13. The number of imide groups is 1. The molecular formula is C17H19N3O5. The lowest BCUT2D eigenvalue weighted by atomic mass is 9.96. The Morgan fingerprint density at radius 2 is 1.84 bits per heavy atom. The summed E-state index contributed by atoms with van der Waals surface area (Å²) in [5.74, 6) is -1.71. The largest absolute Gasteiger partial charge is 0.481 e. The summed E-state index contributed by atoms with van der Waals surface area (Å²) in [4.78, 5) is 49.9. The number of hydrogen-bond acceptors (Lipinski definition) is 4. The number of carbonyl (C=O) groups is 4. The van der Waals surface area contributed by atoms with Crippen LogP contribution in [0.25, 0.3) is 0 Å². The number of piperidine rings is 1. The van der Waals surface area contributed by atoms with Crippen LogP contribution in [0.1, 0.15) is 29.6 Å². The number of carbonyl (C=O) groups excluding carboxylic acids is 3. The average Bonchev–Trinajstić information content (AvgIpc) is 2.61. The molecule has 2 aliphatic rings. The lowest BCUT2D eigenvalue weighted by Crippen LogP contribution is -2.49. The summed E-state index contributed by atoms with van der Waals surface area (Å²) in [5.41, 5.74) is 0.993. The van der Waals surface area contributed by atoms with Gasteiger partial charge in [0.1, 0.15) is 0 Å². The number of carboxylic acids is 1. The number of nitrogens with one attached hydrogen (secondary N) is 1. The van der Waals surface area contributed by atoms with Crippen LogP contribution in [0.4, 0.5) is 10.5 Å². The van der Waals surface area contributed by atoms with Crippen LogP contribution in [0, 0.1) is 5.92 Å². The van der Waals surface area contributed by atoms with Crippen molar-refractivity contribution in [2.75, 3.05) is 24.5 Å². The van der Waals surface area contributed by atoms with E-state index in [0.717, 1.165) is 0 Å². The van der Waals surface area contributed by atoms with Gasteiger partial charge in [-0.2, -0.15) is 0 Å². The number of amides is 4. The van der Waals surface area contributed by atoms with Crippen LogP contribution in [-0.4, -0.2) is 53.5 Å². The van der Waals surface area contributed by atoms with Crippen molar-refractivity contribution >= 4 is 29.5 Å². The lowest BCUT2D eigenvalue weighted by Gasteiger charge is -2.31. The Morgan fingerprint density at radius 3 is 2.48 bits per heavy atom. The van der Waals surface area contributed by atoms with Gasteiger partial charge in [0.2, 0.25) is 5.91 Å². The fraction of sp³-hybridized carbons (Fsp3) is 0.412. The first-order chi connectivity index (χ1) is 12.0. The number of urea groups is 1. The van der Waals surface area contributed by atoms with E-state index in [-0.39, 0.29) is 24.8 Å². The number of hydrogen-bond donors (Lipinski definition) is 2. The molecule has 1 aromatic carbocycles. The van der Waals surface area contributed by atoms with E-state index < -0.39 is 17.9 Å². The van der Waals surface area contributed by atoms with Crippen molar-refractivity contribution in [2.45, 2.75) is 19.3 Å². The molecule has 2 saturated heterocycles. The molecule has 0 atom stereocenters. The molecule has 8 heteroatoms. The van der Waals surface area contributed by atoms with E-state index in [9.17, 15) is 19.2 Å². The Balaban J connectivity index is 1.71. The Morgan fingerprint density at radius 1 is 1.12 bits per heavy atom. The van der Waals surface area contributed by atoms with Crippen LogP contribution in [-0.2, 0) is 9.59 Å². The van der Waals surface area contributed by atoms with E-state index in [4.69, 9.17) is 5.11 Å². The van der Waals surface area contributed by atoms with Crippen LogP contribution in [0.5, 0.6) is 0 Å². The average molecular weight is 345 g/mol. The highest BCUT2D eigenvalue weighted by atomic mass is 16.4. The van der Waals surface area contributed by atoms with Crippen LogP contribution in [0.15, 0.2) is 24.3 Å². The first-order valence-electron chi connectivity index (χ1n) is 8.19. The number of anilines is 1. The quantitative estimate of drug-likeness (QED) is 0.852. The van der Waals surface area contributed by atoms with Gasteiger partial charge in [0.15, 0.2) is 0 Å². The summed E-state index contributed by atoms with van der Waals surface area (Å²) in [6.07, 6.45) is 1.10. The second-order valence-electron chi connectivity index (χ2n) is 6.21. The lowest BCUT2D eigenvalue weighted by molar-refractivity contribution is -0.143. The maximum absolute atomic E-state index is 12.7. The first-order valence-corrected chi connectivity index (χ1v) is 8.19. The zero-order valence-electron chi connectivity index (χ0n) is 13.6. The van der Waals surface area contributed by atoms with Crippen molar-refractivity contribution in [1.82, 2.24) is 10.2 Å². The molecule has 0 aliphatic carbocycles. The van der Waals surface area contributed by atoms with E-state index in [0.29, 0.717) is 37.2 Å². The van der Waals surface area contributed by atoms with Crippen molar-refractivity contribution < 1.29 is 24.3 Å². The maximum Gasteiger partial charge on any atom is 0.328 e. The molecule has 2 aliphatic heterocycles. The van der Waals surface area contributed by atoms with Crippen molar-refractivity contribution in [3.63, 3.8) is 0 Å². The standard InChI is InChI=1S/C17H19N3O5/c21-14-6-9-20(17(25)18-14)13-3-1-2-12(10-13)15(22)19-7-4-11(5-8-19)16(23)24/h1-3,10-11H,4-9H2,(H,23,24)(H,18,21,25). The van der Waals surface area contributed by atoms with Gasteiger partial charge in [-0.15, -0.1) is 0 Å². The SMILES string of the molecule is O=C1CCN(c2cccc(C(=O)N3CCC(C(=O)O)CC3)c2)C(=O)N1. The molecule has 0 unspecified atom stereocenters. The van der Waals surface area contributed by atoms with Crippen LogP contribution in [0.3, 0.4) is 0 Å². The highest BCUT2D eigenvalue weighted by Gasteiger charge is 2.28. The summed E-state index contributed by atoms with van der Waals surface area (Å²) >= 11 is 0. The summed E-state index contributed by atoms with van der Waals surface area (Å²) in [5, 5.41) is 11.3. The third-order valence-corrected chi connectivity index (χ3v) is 4.59. The number of benzene rings is 1. The second-order valence-corrected chi connectivity index (χ2v) is 6.21. The predicted molar refractivity (Wildman–Crippen MR) is 88.2 cm³/mol. The Labute approximate surface area is 144 Å². The number of aliphatic carboxylic acids is 1. The second kappa shape index (κ2) is 6.92.